The van der Waals surface area contributed by atoms with Gasteiger partial charge in [-0.3, -0.25) is 0 Å². The zero-order valence-corrected chi connectivity index (χ0v) is 16.6. The van der Waals surface area contributed by atoms with Crippen molar-refractivity contribution < 1.29 is 17.5 Å². The van der Waals surface area contributed by atoms with Gasteiger partial charge in [0.1, 0.15) is 16.5 Å². The van der Waals surface area contributed by atoms with E-state index in [4.69, 9.17) is 4.74 Å². The Bertz CT molecular complexity index is 874. The van der Waals surface area contributed by atoms with Crippen LogP contribution in [0.15, 0.2) is 47.4 Å². The van der Waals surface area contributed by atoms with Gasteiger partial charge in [0.2, 0.25) is 10.0 Å². The van der Waals surface area contributed by atoms with Crippen LogP contribution in [-0.4, -0.2) is 41.7 Å². The quantitative estimate of drug-likeness (QED) is 0.756. The van der Waals surface area contributed by atoms with Crippen LogP contribution < -0.4 is 19.7 Å². The highest BCUT2D eigenvalue weighted by Gasteiger charge is 2.19. The van der Waals surface area contributed by atoms with E-state index in [0.717, 1.165) is 26.2 Å². The van der Waals surface area contributed by atoms with Crippen molar-refractivity contribution >= 4 is 28.1 Å². The molecular weight excluding hydrogens is 393 g/mol. The Kier molecular flexibility index (Phi) is 7.43. The molecule has 148 valence electrons. The Morgan fingerprint density at radius 1 is 1.19 bits per heavy atom. The standard InChI is InChI=1S/C18H22FN3O3S.ClH/c1-25-17-4-2-3-5-18(17)26(23,24)21-13-14-6-7-16(15(19)12-14)22-10-8-20-9-11-22;/h2-7,12,20-21H,8-11,13H2,1H3;1H. The molecule has 9 heteroatoms. The molecule has 1 heterocycles. The molecule has 1 saturated heterocycles. The van der Waals surface area contributed by atoms with Gasteiger partial charge < -0.3 is 15.0 Å². The molecule has 2 N–H and O–H groups in total. The van der Waals surface area contributed by atoms with Crippen LogP contribution in [0.1, 0.15) is 5.56 Å². The fourth-order valence-corrected chi connectivity index (χ4v) is 4.11. The van der Waals surface area contributed by atoms with Gasteiger partial charge in [0.25, 0.3) is 0 Å². The third kappa shape index (κ3) is 5.10. The van der Waals surface area contributed by atoms with Crippen molar-refractivity contribution in [1.29, 1.82) is 0 Å². The molecule has 0 atom stereocenters. The third-order valence-corrected chi connectivity index (χ3v) is 5.74. The van der Waals surface area contributed by atoms with Crippen LogP contribution in [-0.2, 0) is 16.6 Å². The van der Waals surface area contributed by atoms with Crippen molar-refractivity contribution in [1.82, 2.24) is 10.0 Å². The van der Waals surface area contributed by atoms with Crippen molar-refractivity contribution in [2.75, 3.05) is 38.2 Å². The minimum absolute atomic E-state index is 0. The zero-order valence-electron chi connectivity index (χ0n) is 14.9. The Hall–Kier alpha value is -1.87. The van der Waals surface area contributed by atoms with Crippen LogP contribution in [0.2, 0.25) is 0 Å². The summed E-state index contributed by atoms with van der Waals surface area (Å²) in [6.45, 7) is 3.13. The van der Waals surface area contributed by atoms with Gasteiger partial charge in [0.05, 0.1) is 12.8 Å². The molecule has 2 aromatic rings. The predicted octanol–water partition coefficient (Wildman–Crippen LogP) is 2.14. The van der Waals surface area contributed by atoms with E-state index < -0.39 is 10.0 Å². The Morgan fingerprint density at radius 2 is 1.89 bits per heavy atom. The van der Waals surface area contributed by atoms with Crippen molar-refractivity contribution in [3.8, 4) is 5.75 Å². The Labute approximate surface area is 165 Å². The van der Waals surface area contributed by atoms with E-state index in [0.29, 0.717) is 11.3 Å². The second kappa shape index (κ2) is 9.36. The monoisotopic (exact) mass is 415 g/mol. The fraction of sp³-hybridized carbons (Fsp3) is 0.333. The summed E-state index contributed by atoms with van der Waals surface area (Å²) < 4.78 is 47.0. The van der Waals surface area contributed by atoms with E-state index in [2.05, 4.69) is 10.0 Å². The van der Waals surface area contributed by atoms with Gasteiger partial charge in [-0.15, -0.1) is 12.4 Å². The Balaban J connectivity index is 0.00000261. The summed E-state index contributed by atoms with van der Waals surface area (Å²) in [5.41, 5.74) is 1.10. The van der Waals surface area contributed by atoms with Gasteiger partial charge in [-0.25, -0.2) is 17.5 Å². The molecule has 0 spiro atoms. The number of benzene rings is 2. The zero-order chi connectivity index (χ0) is 18.6. The molecule has 3 rings (SSSR count). The minimum Gasteiger partial charge on any atom is -0.495 e. The van der Waals surface area contributed by atoms with Gasteiger partial charge in [-0.2, -0.15) is 0 Å². The summed E-state index contributed by atoms with van der Waals surface area (Å²) >= 11 is 0. The molecule has 1 aliphatic heterocycles. The van der Waals surface area contributed by atoms with Crippen molar-refractivity contribution in [2.45, 2.75) is 11.4 Å². The number of nitrogens with zero attached hydrogens (tertiary/aromatic N) is 1. The SMILES string of the molecule is COc1ccccc1S(=O)(=O)NCc1ccc(N2CCNCC2)c(F)c1.Cl. The number of rotatable bonds is 6. The molecule has 0 radical (unpaired) electrons. The molecule has 0 bridgehead atoms. The smallest absolute Gasteiger partial charge is 0.244 e. The number of hydrogen-bond acceptors (Lipinski definition) is 5. The van der Waals surface area contributed by atoms with Crippen LogP contribution in [0.5, 0.6) is 5.75 Å². The lowest BCUT2D eigenvalue weighted by Crippen LogP contribution is -2.43. The first-order valence-corrected chi connectivity index (χ1v) is 9.86. The van der Waals surface area contributed by atoms with Crippen LogP contribution in [0.25, 0.3) is 0 Å². The highest BCUT2D eigenvalue weighted by Crippen LogP contribution is 2.24. The van der Waals surface area contributed by atoms with Gasteiger partial charge in [-0.1, -0.05) is 18.2 Å². The maximum absolute atomic E-state index is 14.4. The third-order valence-electron chi connectivity index (χ3n) is 4.29. The molecule has 0 aliphatic carbocycles. The summed E-state index contributed by atoms with van der Waals surface area (Å²) in [6, 6.07) is 11.2. The van der Waals surface area contributed by atoms with Gasteiger partial charge in [0.15, 0.2) is 0 Å². The molecule has 6 nitrogen and oxygen atoms in total. The number of nitrogens with one attached hydrogen (secondary N) is 2. The summed E-state index contributed by atoms with van der Waals surface area (Å²) in [5, 5.41) is 3.23. The second-order valence-corrected chi connectivity index (χ2v) is 7.73. The average Bonchev–Trinajstić information content (AvgIpc) is 2.67. The molecular formula is C18H23ClFN3O3S. The van der Waals surface area contributed by atoms with Crippen molar-refractivity contribution in [3.05, 3.63) is 53.8 Å². The number of piperazine rings is 1. The van der Waals surface area contributed by atoms with Crippen molar-refractivity contribution in [3.63, 3.8) is 0 Å². The highest BCUT2D eigenvalue weighted by atomic mass is 35.5. The lowest BCUT2D eigenvalue weighted by Gasteiger charge is -2.29. The van der Waals surface area contributed by atoms with Gasteiger partial charge in [-0.05, 0) is 29.8 Å². The lowest BCUT2D eigenvalue weighted by atomic mass is 10.1. The number of halogens is 2. The molecule has 0 aromatic heterocycles. The summed E-state index contributed by atoms with van der Waals surface area (Å²) in [7, 11) is -2.35. The molecule has 0 amide bonds. The first-order chi connectivity index (χ1) is 12.5. The second-order valence-electron chi connectivity index (χ2n) is 6.00. The van der Waals surface area contributed by atoms with E-state index in [9.17, 15) is 12.8 Å². The highest BCUT2D eigenvalue weighted by molar-refractivity contribution is 7.89. The largest absolute Gasteiger partial charge is 0.495 e. The number of ether oxygens (including phenoxy) is 1. The normalized spacial score (nSPS) is 14.5. The number of sulfonamides is 1. The first kappa shape index (κ1) is 21.4. The maximum atomic E-state index is 14.4. The Morgan fingerprint density at radius 3 is 2.56 bits per heavy atom. The lowest BCUT2D eigenvalue weighted by molar-refractivity contribution is 0.402. The predicted molar refractivity (Wildman–Crippen MR) is 106 cm³/mol. The number of para-hydroxylation sites is 1. The summed E-state index contributed by atoms with van der Waals surface area (Å²) in [4.78, 5) is 2.04. The summed E-state index contributed by atoms with van der Waals surface area (Å²) in [6.07, 6.45) is 0. The van der Waals surface area contributed by atoms with E-state index >= 15 is 0 Å². The van der Waals surface area contributed by atoms with Crippen molar-refractivity contribution in [2.24, 2.45) is 0 Å². The molecule has 2 aromatic carbocycles. The number of methoxy groups -OCH3 is 1. The molecule has 0 unspecified atom stereocenters. The molecule has 27 heavy (non-hydrogen) atoms. The van der Waals surface area contributed by atoms with E-state index in [-0.39, 0.29) is 35.4 Å². The van der Waals surface area contributed by atoms with Crippen LogP contribution >= 0.6 is 12.4 Å². The molecule has 0 saturated carbocycles. The van der Waals surface area contributed by atoms with Crippen LogP contribution in [0.3, 0.4) is 0 Å². The number of hydrogen-bond donors (Lipinski definition) is 2. The maximum Gasteiger partial charge on any atom is 0.244 e. The summed E-state index contributed by atoms with van der Waals surface area (Å²) in [5.74, 6) is -0.0823. The topological polar surface area (TPSA) is 70.7 Å². The number of anilines is 1. The average molecular weight is 416 g/mol. The fourth-order valence-electron chi connectivity index (χ4n) is 2.92. The van der Waals surface area contributed by atoms with Gasteiger partial charge >= 0.3 is 0 Å². The van der Waals surface area contributed by atoms with E-state index in [1.807, 2.05) is 4.90 Å². The van der Waals surface area contributed by atoms with Gasteiger partial charge in [0, 0.05) is 32.7 Å². The van der Waals surface area contributed by atoms with E-state index in [1.54, 1.807) is 30.3 Å². The molecule has 1 fully saturated rings. The van der Waals surface area contributed by atoms with E-state index in [1.165, 1.54) is 19.2 Å². The minimum atomic E-state index is -3.76. The first-order valence-electron chi connectivity index (χ1n) is 8.38. The van der Waals surface area contributed by atoms with Crippen LogP contribution in [0, 0.1) is 5.82 Å². The molecule has 1 aliphatic rings. The van der Waals surface area contributed by atoms with Crippen LogP contribution in [0.4, 0.5) is 10.1 Å².